The van der Waals surface area contributed by atoms with E-state index in [4.69, 9.17) is 0 Å². The van der Waals surface area contributed by atoms with Crippen molar-refractivity contribution in [1.82, 2.24) is 4.90 Å². The second kappa shape index (κ2) is 16.5. The number of ether oxygens (including phenoxy) is 1. The monoisotopic (exact) mass is 520 g/mol. The number of amides is 1. The van der Waals surface area contributed by atoms with E-state index in [2.05, 4.69) is 47.0 Å². The third-order valence-electron chi connectivity index (χ3n) is 6.45. The van der Waals surface area contributed by atoms with Crippen LogP contribution in [-0.2, 0) is 14.3 Å². The summed E-state index contributed by atoms with van der Waals surface area (Å²) in [7, 11) is 3.35. The first-order valence-corrected chi connectivity index (χ1v) is 13.5. The molecule has 2 N–H and O–H groups in total. The fourth-order valence-corrected chi connectivity index (χ4v) is 4.53. The van der Waals surface area contributed by atoms with Gasteiger partial charge in [-0.2, -0.15) is 0 Å². The fourth-order valence-electron chi connectivity index (χ4n) is 4.53. The molecule has 0 aromatic heterocycles. The minimum atomic E-state index is -0.542. The minimum absolute atomic E-state index is 0.0511. The second-order valence-electron chi connectivity index (χ2n) is 9.81. The van der Waals surface area contributed by atoms with Gasteiger partial charge in [-0.3, -0.25) is 9.59 Å². The summed E-state index contributed by atoms with van der Waals surface area (Å²) in [5, 5.41) is 13.7. The predicted molar refractivity (Wildman–Crippen MR) is 155 cm³/mol. The van der Waals surface area contributed by atoms with Gasteiger partial charge in [-0.1, -0.05) is 68.5 Å². The van der Waals surface area contributed by atoms with Crippen LogP contribution in [0.2, 0.25) is 0 Å². The quantitative estimate of drug-likeness (QED) is 0.170. The summed E-state index contributed by atoms with van der Waals surface area (Å²) in [6.45, 7) is 6.71. The van der Waals surface area contributed by atoms with E-state index < -0.39 is 6.10 Å². The van der Waals surface area contributed by atoms with Gasteiger partial charge in [-0.05, 0) is 68.2 Å². The first kappa shape index (κ1) is 30.8. The topological polar surface area (TPSA) is 78.9 Å². The zero-order valence-electron chi connectivity index (χ0n) is 23.6. The number of aliphatic hydroxyl groups is 1. The van der Waals surface area contributed by atoms with Gasteiger partial charge in [0.05, 0.1) is 18.8 Å². The van der Waals surface area contributed by atoms with Gasteiger partial charge in [0, 0.05) is 31.4 Å². The predicted octanol–water partition coefficient (Wildman–Crippen LogP) is 6.34. The van der Waals surface area contributed by atoms with E-state index in [1.54, 1.807) is 0 Å². The summed E-state index contributed by atoms with van der Waals surface area (Å²) in [4.78, 5) is 27.5. The van der Waals surface area contributed by atoms with Gasteiger partial charge < -0.3 is 20.1 Å². The molecule has 1 aromatic rings. The number of anilines is 1. The number of carbonyl (C=O) groups is 2. The molecule has 1 aliphatic carbocycles. The van der Waals surface area contributed by atoms with Gasteiger partial charge in [0.2, 0.25) is 0 Å². The van der Waals surface area contributed by atoms with Crippen molar-refractivity contribution in [2.45, 2.75) is 65.4 Å². The molecule has 1 atom stereocenters. The highest BCUT2D eigenvalue weighted by Crippen LogP contribution is 2.32. The molecule has 1 aromatic carbocycles. The van der Waals surface area contributed by atoms with Crippen LogP contribution in [0.15, 0.2) is 89.2 Å². The van der Waals surface area contributed by atoms with Crippen LogP contribution >= 0.6 is 0 Å². The van der Waals surface area contributed by atoms with E-state index in [0.29, 0.717) is 37.8 Å². The normalized spacial score (nSPS) is 15.2. The minimum Gasteiger partial charge on any atom is -0.469 e. The summed E-state index contributed by atoms with van der Waals surface area (Å²) in [6, 6.07) is 9.49. The average molecular weight is 521 g/mol. The highest BCUT2D eigenvalue weighted by molar-refractivity contribution is 6.08. The fraction of sp³-hybridized carbons (Fsp3) is 0.438. The maximum atomic E-state index is 14.0. The van der Waals surface area contributed by atoms with Gasteiger partial charge in [0.1, 0.15) is 0 Å². The summed E-state index contributed by atoms with van der Waals surface area (Å²) < 4.78 is 4.69. The Hall–Kier alpha value is -3.38. The number of methoxy groups -OCH3 is 1. The van der Waals surface area contributed by atoms with E-state index >= 15 is 0 Å². The van der Waals surface area contributed by atoms with Crippen molar-refractivity contribution in [3.05, 3.63) is 89.2 Å². The number of para-hydroxylation sites is 1. The molecule has 0 radical (unpaired) electrons. The molecule has 0 heterocycles. The molecule has 38 heavy (non-hydrogen) atoms. The number of esters is 1. The highest BCUT2D eigenvalue weighted by Gasteiger charge is 2.26. The molecule has 1 aliphatic rings. The Morgan fingerprint density at radius 1 is 1.16 bits per heavy atom. The zero-order valence-corrected chi connectivity index (χ0v) is 23.6. The van der Waals surface area contributed by atoms with Crippen molar-refractivity contribution in [2.75, 3.05) is 26.0 Å². The van der Waals surface area contributed by atoms with Gasteiger partial charge in [-0.25, -0.2) is 0 Å². The standard InChI is InChI=1S/C32H44N2O4/c1-6-7-20-28(25-15-10-8-11-16-25)30(32(37)33-26-17-12-9-13-18-26)31(24(2)3)34(4)23-22-27(35)19-14-21-29(36)38-5/h6-7,9-10,12-13,15-18,20,24,27,35H,8,11,14,19,21-23H2,1-5H3,(H,33,37)/b7-6+,28-20+,31-30+. The van der Waals surface area contributed by atoms with Crippen LogP contribution in [0.25, 0.3) is 0 Å². The van der Waals surface area contributed by atoms with Crippen molar-refractivity contribution in [3.8, 4) is 0 Å². The molecule has 0 bridgehead atoms. The van der Waals surface area contributed by atoms with Crippen LogP contribution in [-0.4, -0.2) is 48.7 Å². The number of rotatable bonds is 14. The molecule has 2 rings (SSSR count). The van der Waals surface area contributed by atoms with E-state index in [1.807, 2.05) is 62.5 Å². The third kappa shape index (κ3) is 9.82. The summed E-state index contributed by atoms with van der Waals surface area (Å²) in [5.74, 6) is -0.379. The molecular weight excluding hydrogens is 476 g/mol. The lowest BCUT2D eigenvalue weighted by atomic mass is 9.88. The number of hydrogen-bond acceptors (Lipinski definition) is 5. The first-order valence-electron chi connectivity index (χ1n) is 13.5. The van der Waals surface area contributed by atoms with Crippen molar-refractivity contribution in [1.29, 1.82) is 0 Å². The number of benzene rings is 1. The van der Waals surface area contributed by atoms with Gasteiger partial charge in [-0.15, -0.1) is 0 Å². The number of allylic oxidation sites excluding steroid dienone is 8. The molecule has 0 fully saturated rings. The number of nitrogens with one attached hydrogen (secondary N) is 1. The smallest absolute Gasteiger partial charge is 0.305 e. The Balaban J connectivity index is 2.45. The van der Waals surface area contributed by atoms with E-state index in [-0.39, 0.29) is 17.8 Å². The highest BCUT2D eigenvalue weighted by atomic mass is 16.5. The van der Waals surface area contributed by atoms with Crippen molar-refractivity contribution in [2.24, 2.45) is 5.92 Å². The Kier molecular flexibility index (Phi) is 13.4. The molecule has 6 nitrogen and oxygen atoms in total. The lowest BCUT2D eigenvalue weighted by Gasteiger charge is -2.31. The van der Waals surface area contributed by atoms with E-state index in [1.165, 1.54) is 7.11 Å². The molecule has 0 aliphatic heterocycles. The average Bonchev–Trinajstić information content (AvgIpc) is 2.92. The van der Waals surface area contributed by atoms with Crippen LogP contribution in [0.5, 0.6) is 0 Å². The number of aliphatic hydroxyl groups excluding tert-OH is 1. The summed E-state index contributed by atoms with van der Waals surface area (Å²) in [5.41, 5.74) is 4.18. The van der Waals surface area contributed by atoms with Crippen LogP contribution in [0.1, 0.15) is 59.3 Å². The van der Waals surface area contributed by atoms with Crippen LogP contribution < -0.4 is 5.32 Å². The maximum absolute atomic E-state index is 14.0. The van der Waals surface area contributed by atoms with Crippen LogP contribution in [0, 0.1) is 5.92 Å². The summed E-state index contributed by atoms with van der Waals surface area (Å²) >= 11 is 0. The van der Waals surface area contributed by atoms with Crippen molar-refractivity contribution >= 4 is 17.6 Å². The lowest BCUT2D eigenvalue weighted by molar-refractivity contribution is -0.140. The summed E-state index contributed by atoms with van der Waals surface area (Å²) in [6.07, 6.45) is 15.7. The van der Waals surface area contributed by atoms with Crippen molar-refractivity contribution < 1.29 is 19.4 Å². The van der Waals surface area contributed by atoms with Gasteiger partial charge in [0.25, 0.3) is 5.91 Å². The molecule has 1 amide bonds. The Morgan fingerprint density at radius 3 is 2.50 bits per heavy atom. The molecule has 6 heteroatoms. The third-order valence-corrected chi connectivity index (χ3v) is 6.45. The Bertz CT molecular complexity index is 1060. The maximum Gasteiger partial charge on any atom is 0.305 e. The second-order valence-corrected chi connectivity index (χ2v) is 9.81. The SMILES string of the molecule is C/C=C/C=C(C1=CCCC=C1)/C(C(=O)Nc1ccccc1)=C(/C(C)C)N(C)CCC(O)CCCC(=O)OC. The van der Waals surface area contributed by atoms with E-state index in [0.717, 1.165) is 35.4 Å². The van der Waals surface area contributed by atoms with Gasteiger partial charge >= 0.3 is 5.97 Å². The number of hydrogen-bond donors (Lipinski definition) is 2. The lowest BCUT2D eigenvalue weighted by Crippen LogP contribution is -2.30. The number of nitrogens with zero attached hydrogens (tertiary/aromatic N) is 1. The molecule has 0 spiro atoms. The largest absolute Gasteiger partial charge is 0.469 e. The molecular formula is C32H44N2O4. The van der Waals surface area contributed by atoms with E-state index in [9.17, 15) is 14.7 Å². The zero-order chi connectivity index (χ0) is 27.9. The first-order chi connectivity index (χ1) is 18.3. The molecule has 0 saturated heterocycles. The Labute approximate surface area is 228 Å². The molecule has 206 valence electrons. The van der Waals surface area contributed by atoms with Crippen LogP contribution in [0.4, 0.5) is 5.69 Å². The number of carbonyl (C=O) groups excluding carboxylic acids is 2. The van der Waals surface area contributed by atoms with Crippen molar-refractivity contribution in [3.63, 3.8) is 0 Å². The molecule has 0 saturated carbocycles. The van der Waals surface area contributed by atoms with Gasteiger partial charge in [0.15, 0.2) is 0 Å². The Morgan fingerprint density at radius 2 is 1.89 bits per heavy atom. The molecule has 1 unspecified atom stereocenters. The van der Waals surface area contributed by atoms with Crippen LogP contribution in [0.3, 0.4) is 0 Å².